The quantitative estimate of drug-likeness (QED) is 0.649. The van der Waals surface area contributed by atoms with Crippen molar-refractivity contribution < 1.29 is 13.2 Å². The van der Waals surface area contributed by atoms with Gasteiger partial charge in [0.25, 0.3) is 0 Å². The molecule has 6 heteroatoms. The smallest absolute Gasteiger partial charge is 0.243 e. The molecule has 0 amide bonds. The first-order valence-electron chi connectivity index (χ1n) is 11.5. The lowest BCUT2D eigenvalue weighted by Crippen LogP contribution is -2.28. The van der Waals surface area contributed by atoms with Gasteiger partial charge in [0.1, 0.15) is 0 Å². The van der Waals surface area contributed by atoms with Crippen molar-refractivity contribution in [2.75, 3.05) is 13.1 Å². The first-order chi connectivity index (χ1) is 14.6. The van der Waals surface area contributed by atoms with Crippen molar-refractivity contribution in [2.45, 2.75) is 77.7 Å². The van der Waals surface area contributed by atoms with E-state index in [-0.39, 0.29) is 11.2 Å². The van der Waals surface area contributed by atoms with Gasteiger partial charge in [0.15, 0.2) is 5.78 Å². The molecule has 0 N–H and O–H groups in total. The molecule has 4 rings (SSSR count). The number of Topliss-reactive ketones (excluding diaryl/α,β-unsaturated/α-hetero) is 1. The van der Waals surface area contributed by atoms with E-state index in [1.165, 1.54) is 11.4 Å². The molecule has 1 aliphatic carbocycles. The minimum Gasteiger partial charge on any atom is -0.348 e. The fourth-order valence-corrected chi connectivity index (χ4v) is 6.73. The summed E-state index contributed by atoms with van der Waals surface area (Å²) in [4.78, 5) is 13.5. The average Bonchev–Trinajstić information content (AvgIpc) is 3.32. The van der Waals surface area contributed by atoms with Gasteiger partial charge in [-0.15, -0.1) is 0 Å². The number of benzene rings is 1. The SMILES string of the molecule is CCCn1c(C)c(Cc2ccc(S(=O)(=O)N3CCCC3)cc2)c2c1CC(C)(C)CC2=O. The van der Waals surface area contributed by atoms with Gasteiger partial charge < -0.3 is 4.57 Å². The van der Waals surface area contributed by atoms with Gasteiger partial charge in [-0.1, -0.05) is 32.9 Å². The molecule has 5 nitrogen and oxygen atoms in total. The van der Waals surface area contributed by atoms with E-state index >= 15 is 0 Å². The summed E-state index contributed by atoms with van der Waals surface area (Å²) in [6, 6.07) is 7.25. The minimum absolute atomic E-state index is 0.0107. The minimum atomic E-state index is -3.40. The van der Waals surface area contributed by atoms with Crippen LogP contribution < -0.4 is 0 Å². The Kier molecular flexibility index (Phi) is 5.90. The summed E-state index contributed by atoms with van der Waals surface area (Å²) in [6.45, 7) is 10.8. The van der Waals surface area contributed by atoms with E-state index in [4.69, 9.17) is 0 Å². The van der Waals surface area contributed by atoms with Crippen LogP contribution in [-0.2, 0) is 29.4 Å². The molecule has 0 spiro atoms. The number of carbonyl (C=O) groups is 1. The molecule has 2 heterocycles. The summed E-state index contributed by atoms with van der Waals surface area (Å²) in [5, 5.41) is 0. The molecule has 0 bridgehead atoms. The normalized spacial score (nSPS) is 19.0. The van der Waals surface area contributed by atoms with Gasteiger partial charge in [-0.2, -0.15) is 4.31 Å². The van der Waals surface area contributed by atoms with E-state index < -0.39 is 10.0 Å². The Morgan fingerprint density at radius 2 is 1.68 bits per heavy atom. The zero-order valence-electron chi connectivity index (χ0n) is 19.2. The van der Waals surface area contributed by atoms with Gasteiger partial charge in [-0.05, 0) is 67.7 Å². The molecular weight excluding hydrogens is 408 g/mol. The average molecular weight is 443 g/mol. The zero-order chi connectivity index (χ0) is 22.4. The predicted molar refractivity (Wildman–Crippen MR) is 123 cm³/mol. The number of hydrogen-bond donors (Lipinski definition) is 0. The van der Waals surface area contributed by atoms with Gasteiger partial charge in [0.05, 0.1) is 4.90 Å². The van der Waals surface area contributed by atoms with Gasteiger partial charge in [-0.3, -0.25) is 4.79 Å². The van der Waals surface area contributed by atoms with Gasteiger partial charge in [0, 0.05) is 43.0 Å². The Bertz CT molecular complexity index is 1090. The second kappa shape index (κ2) is 8.21. The summed E-state index contributed by atoms with van der Waals surface area (Å²) in [5.74, 6) is 0.243. The fourth-order valence-electron chi connectivity index (χ4n) is 5.21. The highest BCUT2D eigenvalue weighted by atomic mass is 32.2. The van der Waals surface area contributed by atoms with Crippen molar-refractivity contribution in [3.05, 3.63) is 52.3 Å². The molecule has 168 valence electrons. The molecule has 2 aliphatic rings. The second-order valence-corrected chi connectivity index (χ2v) is 11.8. The molecule has 1 aliphatic heterocycles. The number of rotatable bonds is 6. The number of sulfonamides is 1. The van der Waals surface area contributed by atoms with E-state index in [1.807, 2.05) is 12.1 Å². The highest BCUT2D eigenvalue weighted by Crippen LogP contribution is 2.39. The van der Waals surface area contributed by atoms with E-state index in [9.17, 15) is 13.2 Å². The number of ketones is 1. The molecule has 31 heavy (non-hydrogen) atoms. The third-order valence-corrected chi connectivity index (χ3v) is 8.69. The predicted octanol–water partition coefficient (Wildman–Crippen LogP) is 4.74. The zero-order valence-corrected chi connectivity index (χ0v) is 20.0. The highest BCUT2D eigenvalue weighted by Gasteiger charge is 2.36. The summed E-state index contributed by atoms with van der Waals surface area (Å²) in [5.41, 5.74) is 5.41. The van der Waals surface area contributed by atoms with Crippen LogP contribution in [0.25, 0.3) is 0 Å². The summed E-state index contributed by atoms with van der Waals surface area (Å²) in [7, 11) is -3.40. The fraction of sp³-hybridized carbons (Fsp3) is 0.560. The van der Waals surface area contributed by atoms with Crippen molar-refractivity contribution in [3.8, 4) is 0 Å². The summed E-state index contributed by atoms with van der Waals surface area (Å²) in [6.07, 6.45) is 5.04. The topological polar surface area (TPSA) is 59.4 Å². The molecule has 0 radical (unpaired) electrons. The highest BCUT2D eigenvalue weighted by molar-refractivity contribution is 7.89. The molecular formula is C25H34N2O3S. The molecule has 0 unspecified atom stereocenters. The number of aromatic nitrogens is 1. The lowest BCUT2D eigenvalue weighted by molar-refractivity contribution is 0.0909. The second-order valence-electron chi connectivity index (χ2n) is 9.91. The maximum Gasteiger partial charge on any atom is 0.243 e. The van der Waals surface area contributed by atoms with Crippen molar-refractivity contribution in [3.63, 3.8) is 0 Å². The Labute approximate surface area is 186 Å². The van der Waals surface area contributed by atoms with E-state index in [2.05, 4.69) is 32.3 Å². The van der Waals surface area contributed by atoms with Crippen molar-refractivity contribution in [2.24, 2.45) is 5.41 Å². The Morgan fingerprint density at radius 3 is 2.29 bits per heavy atom. The van der Waals surface area contributed by atoms with Crippen LogP contribution in [0, 0.1) is 12.3 Å². The van der Waals surface area contributed by atoms with Crippen molar-refractivity contribution in [1.29, 1.82) is 0 Å². The van der Waals surface area contributed by atoms with Gasteiger partial charge in [-0.25, -0.2) is 8.42 Å². The Morgan fingerprint density at radius 1 is 1.03 bits per heavy atom. The third-order valence-electron chi connectivity index (χ3n) is 6.78. The lowest BCUT2D eigenvalue weighted by Gasteiger charge is -2.30. The van der Waals surface area contributed by atoms with Crippen molar-refractivity contribution >= 4 is 15.8 Å². The summed E-state index contributed by atoms with van der Waals surface area (Å²) < 4.78 is 29.5. The molecule has 1 aromatic heterocycles. The Hall–Kier alpha value is -1.92. The number of hydrogen-bond acceptors (Lipinski definition) is 3. The molecule has 0 atom stereocenters. The van der Waals surface area contributed by atoms with E-state index in [1.54, 1.807) is 16.4 Å². The van der Waals surface area contributed by atoms with Crippen LogP contribution >= 0.6 is 0 Å². The number of fused-ring (bicyclic) bond motifs is 1. The molecule has 1 aromatic carbocycles. The van der Waals surface area contributed by atoms with E-state index in [0.29, 0.717) is 30.8 Å². The van der Waals surface area contributed by atoms with Crippen LogP contribution in [-0.4, -0.2) is 36.2 Å². The van der Waals surface area contributed by atoms with Crippen LogP contribution in [0.3, 0.4) is 0 Å². The maximum atomic E-state index is 13.1. The monoisotopic (exact) mass is 442 g/mol. The van der Waals surface area contributed by atoms with Crippen LogP contribution in [0.1, 0.15) is 79.3 Å². The van der Waals surface area contributed by atoms with Crippen LogP contribution in [0.4, 0.5) is 0 Å². The van der Waals surface area contributed by atoms with Crippen LogP contribution in [0.2, 0.25) is 0 Å². The molecule has 1 saturated heterocycles. The lowest BCUT2D eigenvalue weighted by atomic mass is 9.75. The van der Waals surface area contributed by atoms with E-state index in [0.717, 1.165) is 48.9 Å². The molecule has 0 saturated carbocycles. The first kappa shape index (κ1) is 22.3. The molecule has 1 fully saturated rings. The largest absolute Gasteiger partial charge is 0.348 e. The Balaban J connectivity index is 1.66. The maximum absolute atomic E-state index is 13.1. The van der Waals surface area contributed by atoms with Gasteiger partial charge >= 0.3 is 0 Å². The summed E-state index contributed by atoms with van der Waals surface area (Å²) >= 11 is 0. The van der Waals surface area contributed by atoms with Crippen molar-refractivity contribution in [1.82, 2.24) is 8.87 Å². The first-order valence-corrected chi connectivity index (χ1v) is 12.9. The molecule has 2 aromatic rings. The van der Waals surface area contributed by atoms with Gasteiger partial charge in [0.2, 0.25) is 10.0 Å². The number of carbonyl (C=O) groups excluding carboxylic acids is 1. The third kappa shape index (κ3) is 4.12. The van der Waals surface area contributed by atoms with Crippen LogP contribution in [0.15, 0.2) is 29.2 Å². The number of nitrogens with zero attached hydrogens (tertiary/aromatic N) is 2. The van der Waals surface area contributed by atoms with Crippen LogP contribution in [0.5, 0.6) is 0 Å². The standard InChI is InChI=1S/C25H34N2O3S/c1-5-12-27-18(2)21(24-22(27)16-25(3,4)17-23(24)28)15-19-8-10-20(11-9-19)31(29,30)26-13-6-7-14-26/h8-11H,5-7,12-17H2,1-4H3.